The molecule has 0 aromatic carbocycles. The van der Waals surface area contributed by atoms with Gasteiger partial charge >= 0.3 is 0 Å². The SMILES string of the molecule is C=P(C)(C)CC[C@H]1O[C@@H](n2cc(CNCCC)c(=O)[nH]c2=S)C(O)[C@@H]1O. The monoisotopic (exact) mass is 403 g/mol. The Hall–Kier alpha value is -0.760. The fourth-order valence-corrected chi connectivity index (χ4v) is 4.12. The van der Waals surface area contributed by atoms with Crippen molar-refractivity contribution in [3.8, 4) is 0 Å². The minimum absolute atomic E-state index is 0.163. The molecule has 0 aliphatic carbocycles. The number of hydrogen-bond donors (Lipinski definition) is 4. The lowest BCUT2D eigenvalue weighted by molar-refractivity contribution is -0.0392. The summed E-state index contributed by atoms with van der Waals surface area (Å²) in [4.78, 5) is 14.7. The van der Waals surface area contributed by atoms with E-state index in [0.717, 1.165) is 19.1 Å². The van der Waals surface area contributed by atoms with E-state index in [9.17, 15) is 15.0 Å². The summed E-state index contributed by atoms with van der Waals surface area (Å²) in [7, 11) is 0. The van der Waals surface area contributed by atoms with Crippen LogP contribution in [0, 0.1) is 4.77 Å². The van der Waals surface area contributed by atoms with Gasteiger partial charge in [0.05, 0.1) is 6.10 Å². The molecule has 9 heteroatoms. The lowest BCUT2D eigenvalue weighted by atomic mass is 10.1. The molecule has 148 valence electrons. The number of ether oxygens (including phenoxy) is 1. The van der Waals surface area contributed by atoms with Gasteiger partial charge < -0.3 is 20.3 Å². The zero-order valence-electron chi connectivity index (χ0n) is 15.6. The zero-order valence-corrected chi connectivity index (χ0v) is 17.4. The number of nitrogens with zero attached hydrogens (tertiary/aromatic N) is 1. The highest BCUT2D eigenvalue weighted by molar-refractivity contribution is 7.72. The van der Waals surface area contributed by atoms with Crippen LogP contribution in [0.4, 0.5) is 0 Å². The molecule has 0 saturated carbocycles. The predicted molar refractivity (Wildman–Crippen MR) is 109 cm³/mol. The molecule has 1 aliphatic heterocycles. The van der Waals surface area contributed by atoms with Crippen LogP contribution in [-0.4, -0.2) is 70.4 Å². The molecule has 1 saturated heterocycles. The van der Waals surface area contributed by atoms with Crippen molar-refractivity contribution < 1.29 is 14.9 Å². The van der Waals surface area contributed by atoms with Crippen molar-refractivity contribution in [3.05, 3.63) is 26.9 Å². The van der Waals surface area contributed by atoms with Crippen LogP contribution in [0.3, 0.4) is 0 Å². The van der Waals surface area contributed by atoms with Gasteiger partial charge in [-0.1, -0.05) is 6.92 Å². The van der Waals surface area contributed by atoms with Crippen LogP contribution in [0.5, 0.6) is 0 Å². The Morgan fingerprint density at radius 2 is 2.12 bits per heavy atom. The van der Waals surface area contributed by atoms with Crippen LogP contribution >= 0.6 is 19.1 Å². The van der Waals surface area contributed by atoms with Gasteiger partial charge in [0.25, 0.3) is 5.56 Å². The van der Waals surface area contributed by atoms with E-state index < -0.39 is 31.4 Å². The van der Waals surface area contributed by atoms with E-state index in [4.69, 9.17) is 17.0 Å². The molecule has 1 fully saturated rings. The normalized spacial score (nSPS) is 26.3. The van der Waals surface area contributed by atoms with Crippen molar-refractivity contribution in [3.63, 3.8) is 0 Å². The molecule has 1 unspecified atom stereocenters. The van der Waals surface area contributed by atoms with Crippen molar-refractivity contribution in [2.24, 2.45) is 0 Å². The quantitative estimate of drug-likeness (QED) is 0.295. The summed E-state index contributed by atoms with van der Waals surface area (Å²) in [6.07, 6.45) is 4.80. The molecule has 2 heterocycles. The van der Waals surface area contributed by atoms with Gasteiger partial charge in [0.1, 0.15) is 12.2 Å². The van der Waals surface area contributed by atoms with Crippen molar-refractivity contribution in [2.45, 2.75) is 50.8 Å². The number of rotatable bonds is 8. The first-order chi connectivity index (χ1) is 12.1. The third-order valence-corrected chi connectivity index (χ3v) is 6.20. The molecule has 0 spiro atoms. The Kier molecular flexibility index (Phi) is 7.42. The Morgan fingerprint density at radius 1 is 1.42 bits per heavy atom. The van der Waals surface area contributed by atoms with E-state index >= 15 is 0 Å². The Morgan fingerprint density at radius 3 is 2.73 bits per heavy atom. The zero-order chi connectivity index (χ0) is 19.5. The maximum Gasteiger partial charge on any atom is 0.256 e. The van der Waals surface area contributed by atoms with Gasteiger partial charge in [-0.3, -0.25) is 14.3 Å². The van der Waals surface area contributed by atoms with Gasteiger partial charge in [-0.05, 0) is 51.1 Å². The summed E-state index contributed by atoms with van der Waals surface area (Å²) in [5.74, 6) is 0. The average Bonchev–Trinajstić information content (AvgIpc) is 2.83. The molecule has 0 amide bonds. The summed E-state index contributed by atoms with van der Waals surface area (Å²) < 4.78 is 7.60. The van der Waals surface area contributed by atoms with E-state index in [0.29, 0.717) is 18.5 Å². The van der Waals surface area contributed by atoms with Crippen LogP contribution in [0.15, 0.2) is 11.0 Å². The van der Waals surface area contributed by atoms with Crippen molar-refractivity contribution in [1.29, 1.82) is 0 Å². The summed E-state index contributed by atoms with van der Waals surface area (Å²) in [6, 6.07) is 0. The third-order valence-electron chi connectivity index (χ3n) is 4.41. The number of aliphatic hydroxyl groups is 2. The van der Waals surface area contributed by atoms with Crippen LogP contribution in [0.2, 0.25) is 0 Å². The molecule has 0 radical (unpaired) electrons. The van der Waals surface area contributed by atoms with Crippen molar-refractivity contribution >= 4 is 25.4 Å². The maximum atomic E-state index is 12.1. The van der Waals surface area contributed by atoms with E-state index in [1.54, 1.807) is 6.20 Å². The number of nitrogens with one attached hydrogen (secondary N) is 2. The van der Waals surface area contributed by atoms with Gasteiger partial charge in [0, 0.05) is 18.3 Å². The molecule has 2 rings (SSSR count). The summed E-state index contributed by atoms with van der Waals surface area (Å²) in [5.41, 5.74) is 0.244. The highest BCUT2D eigenvalue weighted by Gasteiger charge is 2.43. The Balaban J connectivity index is 2.21. The Bertz CT molecular complexity index is 772. The molecule has 4 atom stereocenters. The molecular formula is C17H30N3O4PS. The fourth-order valence-electron chi connectivity index (χ4n) is 2.92. The standard InChI is InChI=1S/C17H30N3O4PS/c1-5-7-18-9-11-10-20(17(26)19-15(11)23)16-14(22)13(21)12(24-16)6-8-25(2,3)4/h10,12-14,16,18,21-22H,2,5-9H2,1,3-4H3,(H,19,23,26)/t12-,13-,14?,16-/m1/s1. The van der Waals surface area contributed by atoms with E-state index in [1.807, 2.05) is 6.92 Å². The van der Waals surface area contributed by atoms with Crippen LogP contribution < -0.4 is 10.9 Å². The van der Waals surface area contributed by atoms with Gasteiger partial charge in [-0.15, -0.1) is 13.2 Å². The topological polar surface area (TPSA) is 99.5 Å². The highest BCUT2D eigenvalue weighted by Crippen LogP contribution is 2.39. The fraction of sp³-hybridized carbons (Fsp3) is 0.706. The first kappa shape index (κ1) is 21.5. The summed E-state index contributed by atoms with van der Waals surface area (Å²) in [5, 5.41) is 24.0. The van der Waals surface area contributed by atoms with Gasteiger partial charge in [-0.25, -0.2) is 0 Å². The molecule has 7 nitrogen and oxygen atoms in total. The number of H-pyrrole nitrogens is 1. The van der Waals surface area contributed by atoms with Crippen LogP contribution in [-0.2, 0) is 11.3 Å². The minimum atomic E-state index is -1.25. The van der Waals surface area contributed by atoms with Gasteiger partial charge in [0.15, 0.2) is 11.0 Å². The average molecular weight is 403 g/mol. The molecule has 1 aromatic heterocycles. The largest absolute Gasteiger partial charge is 0.388 e. The first-order valence-electron chi connectivity index (χ1n) is 8.88. The second kappa shape index (κ2) is 8.95. The van der Waals surface area contributed by atoms with Gasteiger partial charge in [-0.2, -0.15) is 0 Å². The second-order valence-electron chi connectivity index (χ2n) is 7.49. The summed E-state index contributed by atoms with van der Waals surface area (Å²) in [6.45, 7) is 6.23. The smallest absolute Gasteiger partial charge is 0.256 e. The minimum Gasteiger partial charge on any atom is -0.388 e. The number of hydrogen-bond acceptors (Lipinski definition) is 6. The number of aliphatic hydroxyl groups excluding tert-OH is 2. The maximum absolute atomic E-state index is 12.1. The van der Waals surface area contributed by atoms with Gasteiger partial charge in [0.2, 0.25) is 0 Å². The highest BCUT2D eigenvalue weighted by atomic mass is 32.1. The Labute approximate surface area is 159 Å². The first-order valence-corrected chi connectivity index (χ1v) is 12.3. The third kappa shape index (κ3) is 5.38. The molecular weight excluding hydrogens is 373 g/mol. The molecule has 0 bridgehead atoms. The second-order valence-corrected chi connectivity index (χ2v) is 12.2. The number of aromatic nitrogens is 2. The lowest BCUT2D eigenvalue weighted by Gasteiger charge is -2.20. The lowest BCUT2D eigenvalue weighted by Crippen LogP contribution is -2.33. The van der Waals surface area contributed by atoms with Crippen LogP contribution in [0.25, 0.3) is 0 Å². The van der Waals surface area contributed by atoms with E-state index in [-0.39, 0.29) is 10.3 Å². The molecule has 1 aliphatic rings. The van der Waals surface area contributed by atoms with E-state index in [2.05, 4.69) is 29.9 Å². The van der Waals surface area contributed by atoms with Crippen LogP contribution in [0.1, 0.15) is 31.6 Å². The van der Waals surface area contributed by atoms with Crippen molar-refractivity contribution in [1.82, 2.24) is 14.9 Å². The predicted octanol–water partition coefficient (Wildman–Crippen LogP) is 1.12. The summed E-state index contributed by atoms with van der Waals surface area (Å²) >= 11 is 5.24. The van der Waals surface area contributed by atoms with E-state index in [1.165, 1.54) is 4.57 Å². The molecule has 26 heavy (non-hydrogen) atoms. The molecule has 1 aromatic rings. The van der Waals surface area contributed by atoms with Crippen molar-refractivity contribution in [2.75, 3.05) is 26.0 Å². The molecule has 4 N–H and O–H groups in total. The number of aromatic amines is 1.